The van der Waals surface area contributed by atoms with E-state index in [0.29, 0.717) is 0 Å². The smallest absolute Gasteiger partial charge is 0.449 e. The van der Waals surface area contributed by atoms with Crippen molar-refractivity contribution in [3.8, 4) is 5.75 Å². The van der Waals surface area contributed by atoms with Gasteiger partial charge in [-0.2, -0.15) is 13.2 Å². The highest BCUT2D eigenvalue weighted by atomic mass is 35.5. The summed E-state index contributed by atoms with van der Waals surface area (Å²) in [6, 6.07) is 4.01. The minimum absolute atomic E-state index is 0.0614. The Hall–Kier alpha value is -1.63. The van der Waals surface area contributed by atoms with Crippen LogP contribution in [0.25, 0.3) is 0 Å². The number of hydrogen-bond donors (Lipinski definition) is 1. The van der Waals surface area contributed by atoms with Crippen molar-refractivity contribution in [3.63, 3.8) is 0 Å². The third-order valence-corrected chi connectivity index (χ3v) is 2.88. The SMILES string of the molecule is COC(=O)CC1(C(F)(F)F)Nc2ccc(Cl)cc2O1. The Kier molecular flexibility index (Phi) is 3.25. The monoisotopic (exact) mass is 295 g/mol. The molecule has 1 atom stereocenters. The topological polar surface area (TPSA) is 47.6 Å². The van der Waals surface area contributed by atoms with Gasteiger partial charge < -0.3 is 14.8 Å². The molecular formula is C11H9ClF3NO3. The third-order valence-electron chi connectivity index (χ3n) is 2.64. The van der Waals surface area contributed by atoms with E-state index in [9.17, 15) is 18.0 Å². The standard InChI is InChI=1S/C11H9ClF3NO3/c1-18-9(17)5-10(11(13,14)15)16-7-3-2-6(12)4-8(7)19-10/h2-4,16H,5H2,1H3. The van der Waals surface area contributed by atoms with Crippen molar-refractivity contribution in [2.45, 2.75) is 18.3 Å². The summed E-state index contributed by atoms with van der Waals surface area (Å²) in [6.07, 6.45) is -5.80. The fourth-order valence-corrected chi connectivity index (χ4v) is 1.86. The van der Waals surface area contributed by atoms with E-state index >= 15 is 0 Å². The zero-order valence-corrected chi connectivity index (χ0v) is 10.4. The number of carbonyl (C=O) groups is 1. The van der Waals surface area contributed by atoms with Gasteiger partial charge in [0.1, 0.15) is 12.2 Å². The fourth-order valence-electron chi connectivity index (χ4n) is 1.70. The second kappa shape index (κ2) is 4.48. The molecule has 1 aromatic rings. The van der Waals surface area contributed by atoms with Crippen LogP contribution in [0.4, 0.5) is 18.9 Å². The minimum atomic E-state index is -4.80. The van der Waals surface area contributed by atoms with Crippen molar-refractivity contribution < 1.29 is 27.4 Å². The van der Waals surface area contributed by atoms with E-state index in [0.717, 1.165) is 7.11 Å². The number of hydrogen-bond acceptors (Lipinski definition) is 4. The number of carbonyl (C=O) groups excluding carboxylic acids is 1. The number of ether oxygens (including phenoxy) is 2. The molecule has 0 saturated carbocycles. The average Bonchev–Trinajstić information content (AvgIpc) is 2.66. The molecular weight excluding hydrogens is 287 g/mol. The van der Waals surface area contributed by atoms with Gasteiger partial charge >= 0.3 is 12.1 Å². The average molecular weight is 296 g/mol. The summed E-state index contributed by atoms with van der Waals surface area (Å²) in [4.78, 5) is 11.2. The van der Waals surface area contributed by atoms with Crippen molar-refractivity contribution in [2.75, 3.05) is 12.4 Å². The Morgan fingerprint density at radius 3 is 2.79 bits per heavy atom. The second-order valence-electron chi connectivity index (χ2n) is 3.95. The van der Waals surface area contributed by atoms with E-state index in [4.69, 9.17) is 16.3 Å². The van der Waals surface area contributed by atoms with Crippen LogP contribution >= 0.6 is 11.6 Å². The molecule has 0 aliphatic carbocycles. The Morgan fingerprint density at radius 2 is 2.21 bits per heavy atom. The molecule has 0 fully saturated rings. The minimum Gasteiger partial charge on any atom is -0.469 e. The molecule has 1 aromatic carbocycles. The summed E-state index contributed by atoms with van der Waals surface area (Å²) in [5.74, 6) is -1.10. The number of anilines is 1. The zero-order chi connectivity index (χ0) is 14.3. The normalized spacial score (nSPS) is 21.3. The largest absolute Gasteiger partial charge is 0.469 e. The highest BCUT2D eigenvalue weighted by Gasteiger charge is 2.62. The molecule has 1 heterocycles. The summed E-state index contributed by atoms with van der Waals surface area (Å²) in [5.41, 5.74) is -2.71. The Labute approximate surface area is 111 Å². The summed E-state index contributed by atoms with van der Waals surface area (Å²) >= 11 is 5.68. The molecule has 0 amide bonds. The van der Waals surface area contributed by atoms with Gasteiger partial charge in [0.25, 0.3) is 5.72 Å². The maximum absolute atomic E-state index is 13.1. The Balaban J connectivity index is 2.37. The Bertz CT molecular complexity index is 520. The van der Waals surface area contributed by atoms with Crippen LogP contribution in [0.3, 0.4) is 0 Å². The molecule has 19 heavy (non-hydrogen) atoms. The molecule has 1 unspecified atom stereocenters. The quantitative estimate of drug-likeness (QED) is 0.852. The summed E-state index contributed by atoms with van der Waals surface area (Å²) in [5, 5.41) is 2.41. The molecule has 1 aliphatic heterocycles. The molecule has 0 saturated heterocycles. The van der Waals surface area contributed by atoms with Crippen molar-refractivity contribution in [1.82, 2.24) is 0 Å². The first-order valence-corrected chi connectivity index (χ1v) is 5.55. The molecule has 104 valence electrons. The third kappa shape index (κ3) is 2.42. The molecule has 0 radical (unpaired) electrons. The number of esters is 1. The molecule has 1 aliphatic rings. The number of nitrogens with one attached hydrogen (secondary N) is 1. The second-order valence-corrected chi connectivity index (χ2v) is 4.38. The number of alkyl halides is 3. The summed E-state index contributed by atoms with van der Waals surface area (Å²) < 4.78 is 48.6. The number of benzene rings is 1. The number of methoxy groups -OCH3 is 1. The predicted molar refractivity (Wildman–Crippen MR) is 61.1 cm³/mol. The van der Waals surface area contributed by atoms with Crippen LogP contribution < -0.4 is 10.1 Å². The van der Waals surface area contributed by atoms with Crippen molar-refractivity contribution in [2.24, 2.45) is 0 Å². The van der Waals surface area contributed by atoms with Crippen LogP contribution in [0.5, 0.6) is 5.75 Å². The molecule has 2 rings (SSSR count). The van der Waals surface area contributed by atoms with Crippen molar-refractivity contribution in [1.29, 1.82) is 0 Å². The van der Waals surface area contributed by atoms with E-state index in [1.54, 1.807) is 0 Å². The number of halogens is 4. The lowest BCUT2D eigenvalue weighted by atomic mass is 10.1. The molecule has 1 N–H and O–H groups in total. The van der Waals surface area contributed by atoms with Crippen LogP contribution in [-0.4, -0.2) is 25.0 Å². The zero-order valence-electron chi connectivity index (χ0n) is 9.68. The van der Waals surface area contributed by atoms with Gasteiger partial charge in [-0.15, -0.1) is 0 Å². The van der Waals surface area contributed by atoms with E-state index in [1.165, 1.54) is 18.2 Å². The molecule has 4 nitrogen and oxygen atoms in total. The van der Waals surface area contributed by atoms with Gasteiger partial charge in [-0.25, -0.2) is 0 Å². The van der Waals surface area contributed by atoms with Crippen LogP contribution in [0.1, 0.15) is 6.42 Å². The van der Waals surface area contributed by atoms with E-state index in [2.05, 4.69) is 10.1 Å². The molecule has 0 bridgehead atoms. The maximum Gasteiger partial charge on any atom is 0.449 e. The van der Waals surface area contributed by atoms with Crippen LogP contribution in [0, 0.1) is 0 Å². The van der Waals surface area contributed by atoms with Crippen LogP contribution in [-0.2, 0) is 9.53 Å². The van der Waals surface area contributed by atoms with E-state index in [-0.39, 0.29) is 16.5 Å². The first kappa shape index (κ1) is 13.8. The Morgan fingerprint density at radius 1 is 1.53 bits per heavy atom. The van der Waals surface area contributed by atoms with E-state index in [1.807, 2.05) is 0 Å². The predicted octanol–water partition coefficient (Wildman–Crippen LogP) is 2.97. The lowest BCUT2D eigenvalue weighted by Gasteiger charge is -2.30. The molecule has 8 heteroatoms. The summed E-state index contributed by atoms with van der Waals surface area (Å²) in [7, 11) is 1.01. The number of rotatable bonds is 2. The lowest BCUT2D eigenvalue weighted by Crippen LogP contribution is -2.55. The molecule has 0 aromatic heterocycles. The van der Waals surface area contributed by atoms with Crippen molar-refractivity contribution >= 4 is 23.3 Å². The first-order chi connectivity index (χ1) is 8.77. The highest BCUT2D eigenvalue weighted by Crippen LogP contribution is 2.47. The van der Waals surface area contributed by atoms with Crippen LogP contribution in [0.15, 0.2) is 18.2 Å². The van der Waals surface area contributed by atoms with Gasteiger partial charge in [0, 0.05) is 11.1 Å². The number of fused-ring (bicyclic) bond motifs is 1. The fraction of sp³-hybridized carbons (Fsp3) is 0.364. The van der Waals surface area contributed by atoms with Gasteiger partial charge in [-0.1, -0.05) is 11.6 Å². The highest BCUT2D eigenvalue weighted by molar-refractivity contribution is 6.30. The maximum atomic E-state index is 13.1. The van der Waals surface area contributed by atoms with Gasteiger partial charge in [-0.3, -0.25) is 4.79 Å². The van der Waals surface area contributed by atoms with Gasteiger partial charge in [0.2, 0.25) is 0 Å². The first-order valence-electron chi connectivity index (χ1n) is 5.18. The van der Waals surface area contributed by atoms with Crippen molar-refractivity contribution in [3.05, 3.63) is 23.2 Å². The van der Waals surface area contributed by atoms with Gasteiger partial charge in [0.15, 0.2) is 0 Å². The van der Waals surface area contributed by atoms with Crippen LogP contribution in [0.2, 0.25) is 5.02 Å². The van der Waals surface area contributed by atoms with Gasteiger partial charge in [-0.05, 0) is 12.1 Å². The van der Waals surface area contributed by atoms with E-state index < -0.39 is 24.3 Å². The summed E-state index contributed by atoms with van der Waals surface area (Å²) in [6.45, 7) is 0. The van der Waals surface area contributed by atoms with Gasteiger partial charge in [0.05, 0.1) is 12.8 Å². The lowest BCUT2D eigenvalue weighted by molar-refractivity contribution is -0.236. The molecule has 0 spiro atoms.